The second kappa shape index (κ2) is 5.62. The molecule has 0 aliphatic heterocycles. The summed E-state index contributed by atoms with van der Waals surface area (Å²) in [6.07, 6.45) is 7.54. The van der Waals surface area contributed by atoms with Gasteiger partial charge in [0.05, 0.1) is 6.61 Å². The van der Waals surface area contributed by atoms with Gasteiger partial charge in [-0.2, -0.15) is 0 Å². The van der Waals surface area contributed by atoms with Crippen molar-refractivity contribution in [2.24, 2.45) is 5.92 Å². The Balaban J connectivity index is 1.87. The Bertz CT molecular complexity index is 426. The molecule has 0 saturated carbocycles. The van der Waals surface area contributed by atoms with E-state index in [9.17, 15) is 4.79 Å². The molecule has 2 rings (SSSR count). The summed E-state index contributed by atoms with van der Waals surface area (Å²) in [6, 6.07) is 5.38. The van der Waals surface area contributed by atoms with E-state index in [1.807, 2.05) is 19.1 Å². The van der Waals surface area contributed by atoms with Crippen molar-refractivity contribution in [3.05, 3.63) is 41.7 Å². The number of carbonyl (C=O) groups is 1. The zero-order chi connectivity index (χ0) is 12.1. The lowest BCUT2D eigenvalue weighted by molar-refractivity contribution is 0.0425. The lowest BCUT2D eigenvalue weighted by Crippen LogP contribution is -2.16. The Labute approximate surface area is 102 Å². The van der Waals surface area contributed by atoms with Crippen LogP contribution in [0.3, 0.4) is 0 Å². The Morgan fingerprint density at radius 2 is 2.35 bits per heavy atom. The minimum Gasteiger partial charge on any atom is -0.461 e. The van der Waals surface area contributed by atoms with E-state index in [4.69, 9.17) is 4.74 Å². The number of carbonyl (C=O) groups excluding carboxylic acids is 1. The third-order valence-electron chi connectivity index (χ3n) is 2.93. The Morgan fingerprint density at radius 3 is 3.06 bits per heavy atom. The van der Waals surface area contributed by atoms with Gasteiger partial charge in [0.15, 0.2) is 0 Å². The first-order chi connectivity index (χ1) is 8.25. The van der Waals surface area contributed by atoms with Crippen LogP contribution in [-0.4, -0.2) is 17.6 Å². The average molecular weight is 231 g/mol. The number of pyridine rings is 1. The molecule has 0 amide bonds. The fourth-order valence-corrected chi connectivity index (χ4v) is 1.93. The lowest BCUT2D eigenvalue weighted by Gasteiger charge is -2.17. The molecule has 1 aliphatic carbocycles. The van der Waals surface area contributed by atoms with Gasteiger partial charge in [0, 0.05) is 5.69 Å². The highest BCUT2D eigenvalue weighted by Crippen LogP contribution is 2.18. The minimum atomic E-state index is -0.316. The van der Waals surface area contributed by atoms with Gasteiger partial charge in [0.2, 0.25) is 0 Å². The van der Waals surface area contributed by atoms with Crippen LogP contribution < -0.4 is 0 Å². The predicted octanol–water partition coefficient (Wildman–Crippen LogP) is 2.90. The predicted molar refractivity (Wildman–Crippen MR) is 65.7 cm³/mol. The molecular weight excluding hydrogens is 214 g/mol. The first-order valence-electron chi connectivity index (χ1n) is 6.01. The van der Waals surface area contributed by atoms with E-state index in [1.165, 1.54) is 0 Å². The van der Waals surface area contributed by atoms with Crippen LogP contribution >= 0.6 is 0 Å². The van der Waals surface area contributed by atoms with E-state index in [0.717, 1.165) is 25.0 Å². The fraction of sp³-hybridized carbons (Fsp3) is 0.429. The SMILES string of the molecule is Cc1cccc(C(=O)OCC2CC=CCC2)n1. The Kier molecular flexibility index (Phi) is 3.91. The van der Waals surface area contributed by atoms with Gasteiger partial charge >= 0.3 is 5.97 Å². The van der Waals surface area contributed by atoms with Crippen molar-refractivity contribution < 1.29 is 9.53 Å². The number of allylic oxidation sites excluding steroid dienone is 2. The van der Waals surface area contributed by atoms with E-state index in [-0.39, 0.29) is 5.97 Å². The van der Waals surface area contributed by atoms with Crippen LogP contribution in [-0.2, 0) is 4.74 Å². The highest BCUT2D eigenvalue weighted by Gasteiger charge is 2.14. The number of hydrogen-bond donors (Lipinski definition) is 0. The number of hydrogen-bond acceptors (Lipinski definition) is 3. The molecule has 0 fully saturated rings. The normalized spacial score (nSPS) is 19.0. The topological polar surface area (TPSA) is 39.2 Å². The molecule has 3 heteroatoms. The smallest absolute Gasteiger partial charge is 0.356 e. The van der Waals surface area contributed by atoms with Crippen LogP contribution in [0.1, 0.15) is 35.4 Å². The summed E-state index contributed by atoms with van der Waals surface area (Å²) in [6.45, 7) is 2.36. The molecule has 1 aromatic heterocycles. The summed E-state index contributed by atoms with van der Waals surface area (Å²) >= 11 is 0. The second-order valence-electron chi connectivity index (χ2n) is 4.41. The largest absolute Gasteiger partial charge is 0.461 e. The van der Waals surface area contributed by atoms with E-state index in [2.05, 4.69) is 17.1 Å². The van der Waals surface area contributed by atoms with Crippen LogP contribution in [0.2, 0.25) is 0 Å². The third-order valence-corrected chi connectivity index (χ3v) is 2.93. The molecule has 1 heterocycles. The summed E-state index contributed by atoms with van der Waals surface area (Å²) in [5.41, 5.74) is 1.23. The van der Waals surface area contributed by atoms with E-state index >= 15 is 0 Å². The first kappa shape index (κ1) is 11.8. The van der Waals surface area contributed by atoms with Crippen molar-refractivity contribution in [1.82, 2.24) is 4.98 Å². The number of ether oxygens (including phenoxy) is 1. The van der Waals surface area contributed by atoms with Crippen molar-refractivity contribution in [3.63, 3.8) is 0 Å². The summed E-state index contributed by atoms with van der Waals surface area (Å²) in [5.74, 6) is 0.150. The molecule has 90 valence electrons. The second-order valence-corrected chi connectivity index (χ2v) is 4.41. The van der Waals surface area contributed by atoms with Gasteiger partial charge in [-0.25, -0.2) is 9.78 Å². The highest BCUT2D eigenvalue weighted by atomic mass is 16.5. The molecule has 1 unspecified atom stereocenters. The van der Waals surface area contributed by atoms with Crippen LogP contribution in [0.4, 0.5) is 0 Å². The maximum atomic E-state index is 11.7. The molecule has 0 spiro atoms. The van der Waals surface area contributed by atoms with Crippen LogP contribution in [0.15, 0.2) is 30.4 Å². The van der Waals surface area contributed by atoms with Crippen molar-refractivity contribution >= 4 is 5.97 Å². The first-order valence-corrected chi connectivity index (χ1v) is 6.01. The van der Waals surface area contributed by atoms with Gasteiger partial charge in [-0.05, 0) is 44.2 Å². The number of aryl methyl sites for hydroxylation is 1. The van der Waals surface area contributed by atoms with E-state index in [1.54, 1.807) is 6.07 Å². The number of esters is 1. The van der Waals surface area contributed by atoms with Gasteiger partial charge in [0.25, 0.3) is 0 Å². The Morgan fingerprint density at radius 1 is 1.47 bits per heavy atom. The lowest BCUT2D eigenvalue weighted by atomic mass is 9.95. The van der Waals surface area contributed by atoms with Crippen molar-refractivity contribution in [2.45, 2.75) is 26.2 Å². The average Bonchev–Trinajstić information content (AvgIpc) is 2.37. The van der Waals surface area contributed by atoms with Crippen molar-refractivity contribution in [1.29, 1.82) is 0 Å². The van der Waals surface area contributed by atoms with Gasteiger partial charge in [-0.1, -0.05) is 18.2 Å². The molecule has 17 heavy (non-hydrogen) atoms. The molecule has 0 saturated heterocycles. The molecule has 0 aromatic carbocycles. The maximum absolute atomic E-state index is 11.7. The van der Waals surface area contributed by atoms with E-state index < -0.39 is 0 Å². The van der Waals surface area contributed by atoms with Gasteiger partial charge in [-0.15, -0.1) is 0 Å². The maximum Gasteiger partial charge on any atom is 0.356 e. The number of nitrogens with zero attached hydrogens (tertiary/aromatic N) is 1. The zero-order valence-electron chi connectivity index (χ0n) is 10.1. The van der Waals surface area contributed by atoms with Crippen molar-refractivity contribution in [2.75, 3.05) is 6.61 Å². The molecule has 1 aliphatic rings. The number of aromatic nitrogens is 1. The van der Waals surface area contributed by atoms with Crippen LogP contribution in [0.5, 0.6) is 0 Å². The quantitative estimate of drug-likeness (QED) is 0.593. The molecular formula is C14H17NO2. The molecule has 3 nitrogen and oxygen atoms in total. The Hall–Kier alpha value is -1.64. The van der Waals surface area contributed by atoms with Crippen molar-refractivity contribution in [3.8, 4) is 0 Å². The highest BCUT2D eigenvalue weighted by molar-refractivity contribution is 5.87. The van der Waals surface area contributed by atoms with Gasteiger partial charge < -0.3 is 4.74 Å². The zero-order valence-corrected chi connectivity index (χ0v) is 10.1. The van der Waals surface area contributed by atoms with Gasteiger partial charge in [0.1, 0.15) is 5.69 Å². The molecule has 0 N–H and O–H groups in total. The summed E-state index contributed by atoms with van der Waals surface area (Å²) < 4.78 is 5.29. The fourth-order valence-electron chi connectivity index (χ4n) is 1.93. The molecule has 0 radical (unpaired) electrons. The molecule has 1 aromatic rings. The minimum absolute atomic E-state index is 0.316. The number of rotatable bonds is 3. The molecule has 0 bridgehead atoms. The van der Waals surface area contributed by atoms with Crippen LogP contribution in [0.25, 0.3) is 0 Å². The standard InChI is InChI=1S/C14H17NO2/c1-11-6-5-9-13(15-11)14(16)17-10-12-7-3-2-4-8-12/h2-3,5-6,9,12H,4,7-8,10H2,1H3. The third kappa shape index (κ3) is 3.41. The molecule has 1 atom stereocenters. The summed E-state index contributed by atoms with van der Waals surface area (Å²) in [4.78, 5) is 15.9. The monoisotopic (exact) mass is 231 g/mol. The van der Waals surface area contributed by atoms with Gasteiger partial charge in [-0.3, -0.25) is 0 Å². The van der Waals surface area contributed by atoms with Crippen LogP contribution in [0, 0.1) is 12.8 Å². The van der Waals surface area contributed by atoms with E-state index in [0.29, 0.717) is 18.2 Å². The summed E-state index contributed by atoms with van der Waals surface area (Å²) in [7, 11) is 0. The summed E-state index contributed by atoms with van der Waals surface area (Å²) in [5, 5.41) is 0.